The minimum absolute atomic E-state index is 0.165. The Morgan fingerprint density at radius 2 is 2.06 bits per heavy atom. The highest BCUT2D eigenvalue weighted by molar-refractivity contribution is 8.05. The summed E-state index contributed by atoms with van der Waals surface area (Å²) in [5, 5.41) is 2.16. The van der Waals surface area contributed by atoms with Crippen LogP contribution >= 0.6 is 11.8 Å². The van der Waals surface area contributed by atoms with Gasteiger partial charge >= 0.3 is 0 Å². The van der Waals surface area contributed by atoms with Crippen molar-refractivity contribution in [2.24, 2.45) is 0 Å². The summed E-state index contributed by atoms with van der Waals surface area (Å²) in [5.41, 5.74) is 2.99. The summed E-state index contributed by atoms with van der Waals surface area (Å²) in [4.78, 5) is 1.46. The highest BCUT2D eigenvalue weighted by Gasteiger charge is 2.30. The van der Waals surface area contributed by atoms with E-state index in [1.165, 1.54) is 16.0 Å². The van der Waals surface area contributed by atoms with Gasteiger partial charge in [-0.05, 0) is 33.9 Å². The van der Waals surface area contributed by atoms with Crippen molar-refractivity contribution in [2.45, 2.75) is 18.8 Å². The number of rotatable bonds is 0. The summed E-state index contributed by atoms with van der Waals surface area (Å²) in [6, 6.07) is 8.72. The molecule has 0 saturated carbocycles. The molecular formula is C15H14S. The van der Waals surface area contributed by atoms with Gasteiger partial charge in [0.25, 0.3) is 0 Å². The van der Waals surface area contributed by atoms with Crippen LogP contribution in [0.25, 0.3) is 6.08 Å². The van der Waals surface area contributed by atoms with Gasteiger partial charge in [0.1, 0.15) is 0 Å². The molecule has 1 aliphatic heterocycles. The van der Waals surface area contributed by atoms with Gasteiger partial charge in [-0.2, -0.15) is 0 Å². The summed E-state index contributed by atoms with van der Waals surface area (Å²) in [5.74, 6) is 0. The van der Waals surface area contributed by atoms with Crippen LogP contribution in [-0.4, -0.2) is 0 Å². The van der Waals surface area contributed by atoms with Gasteiger partial charge in [0.05, 0.1) is 0 Å². The SMILES string of the molecule is C[C@@]12C=CC=CSC(=Cc3ccccc31)C2. The Balaban J connectivity index is 2.24. The molecule has 1 aromatic rings. The molecule has 0 nitrogen and oxygen atoms in total. The third kappa shape index (κ3) is 1.56. The average Bonchev–Trinajstić information content (AvgIpc) is 2.27. The van der Waals surface area contributed by atoms with Crippen LogP contribution in [0.1, 0.15) is 24.5 Å². The number of fused-ring (bicyclic) bond motifs is 4. The van der Waals surface area contributed by atoms with Crippen molar-refractivity contribution < 1.29 is 0 Å². The molecule has 2 aliphatic rings. The van der Waals surface area contributed by atoms with E-state index in [1.807, 2.05) is 11.8 Å². The van der Waals surface area contributed by atoms with Crippen molar-refractivity contribution in [3.63, 3.8) is 0 Å². The maximum atomic E-state index is 2.33. The molecule has 0 radical (unpaired) electrons. The predicted octanol–water partition coefficient (Wildman–Crippen LogP) is 4.51. The van der Waals surface area contributed by atoms with Gasteiger partial charge in [-0.1, -0.05) is 49.4 Å². The van der Waals surface area contributed by atoms with Crippen molar-refractivity contribution >= 4 is 17.8 Å². The van der Waals surface area contributed by atoms with E-state index in [0.29, 0.717) is 0 Å². The maximum absolute atomic E-state index is 2.33. The van der Waals surface area contributed by atoms with E-state index >= 15 is 0 Å². The maximum Gasteiger partial charge on any atom is 0.0158 e. The minimum Gasteiger partial charge on any atom is -0.102 e. The fraction of sp³-hybridized carbons (Fsp3) is 0.200. The molecule has 0 saturated heterocycles. The van der Waals surface area contributed by atoms with E-state index in [9.17, 15) is 0 Å². The smallest absolute Gasteiger partial charge is 0.0158 e. The zero-order chi connectivity index (χ0) is 11.0. The number of hydrogen-bond donors (Lipinski definition) is 0. The fourth-order valence-electron chi connectivity index (χ4n) is 2.49. The number of thioether (sulfide) groups is 1. The lowest BCUT2D eigenvalue weighted by Crippen LogP contribution is -2.23. The Morgan fingerprint density at radius 1 is 1.19 bits per heavy atom. The Morgan fingerprint density at radius 3 is 3.00 bits per heavy atom. The molecule has 1 atom stereocenters. The summed E-state index contributed by atoms with van der Waals surface area (Å²) < 4.78 is 0. The van der Waals surface area contributed by atoms with Gasteiger partial charge < -0.3 is 0 Å². The number of hydrogen-bond acceptors (Lipinski definition) is 1. The Hall–Kier alpha value is -1.21. The second kappa shape index (κ2) is 3.67. The normalized spacial score (nSPS) is 26.7. The molecule has 16 heavy (non-hydrogen) atoms. The van der Waals surface area contributed by atoms with Crippen LogP contribution < -0.4 is 0 Å². The number of benzene rings is 1. The first kappa shape index (κ1) is 9.98. The van der Waals surface area contributed by atoms with E-state index in [0.717, 1.165) is 6.42 Å². The van der Waals surface area contributed by atoms with Gasteiger partial charge in [0, 0.05) is 5.41 Å². The zero-order valence-electron chi connectivity index (χ0n) is 9.31. The molecule has 0 spiro atoms. The highest BCUT2D eigenvalue weighted by atomic mass is 32.2. The van der Waals surface area contributed by atoms with Crippen LogP contribution in [0.5, 0.6) is 0 Å². The Kier molecular flexibility index (Phi) is 2.29. The third-order valence-corrected chi connectivity index (χ3v) is 4.17. The first-order chi connectivity index (χ1) is 7.78. The van der Waals surface area contributed by atoms with E-state index in [-0.39, 0.29) is 5.41 Å². The van der Waals surface area contributed by atoms with Crippen LogP contribution in [0.4, 0.5) is 0 Å². The Labute approximate surface area is 101 Å². The molecule has 0 unspecified atom stereocenters. The average molecular weight is 226 g/mol. The Bertz CT molecular complexity index is 508. The van der Waals surface area contributed by atoms with Crippen molar-refractivity contribution in [3.05, 3.63) is 63.9 Å². The van der Waals surface area contributed by atoms with Crippen molar-refractivity contribution in [1.29, 1.82) is 0 Å². The molecule has 3 rings (SSSR count). The second-order valence-electron chi connectivity index (χ2n) is 4.60. The fourth-order valence-corrected chi connectivity index (χ4v) is 3.41. The lowest BCUT2D eigenvalue weighted by molar-refractivity contribution is 0.594. The summed E-state index contributed by atoms with van der Waals surface area (Å²) in [6.07, 6.45) is 10.1. The second-order valence-corrected chi connectivity index (χ2v) is 5.63. The van der Waals surface area contributed by atoms with E-state index in [2.05, 4.69) is 60.9 Å². The summed E-state index contributed by atoms with van der Waals surface area (Å²) in [7, 11) is 0. The van der Waals surface area contributed by atoms with E-state index < -0.39 is 0 Å². The van der Waals surface area contributed by atoms with Crippen LogP contribution in [0.15, 0.2) is 52.8 Å². The quantitative estimate of drug-likeness (QED) is 0.627. The molecule has 80 valence electrons. The molecule has 0 aromatic heterocycles. The first-order valence-corrected chi connectivity index (χ1v) is 6.47. The molecule has 1 heterocycles. The largest absolute Gasteiger partial charge is 0.102 e. The first-order valence-electron chi connectivity index (χ1n) is 5.59. The monoisotopic (exact) mass is 226 g/mol. The van der Waals surface area contributed by atoms with Crippen molar-refractivity contribution in [1.82, 2.24) is 0 Å². The van der Waals surface area contributed by atoms with Crippen LogP contribution in [0.2, 0.25) is 0 Å². The highest BCUT2D eigenvalue weighted by Crippen LogP contribution is 2.44. The lowest BCUT2D eigenvalue weighted by Gasteiger charge is -2.33. The lowest BCUT2D eigenvalue weighted by atomic mass is 9.74. The molecular weight excluding hydrogens is 212 g/mol. The van der Waals surface area contributed by atoms with Crippen molar-refractivity contribution in [3.8, 4) is 0 Å². The van der Waals surface area contributed by atoms with Gasteiger partial charge in [0.2, 0.25) is 0 Å². The van der Waals surface area contributed by atoms with Gasteiger partial charge in [-0.25, -0.2) is 0 Å². The van der Waals surface area contributed by atoms with Crippen LogP contribution in [0, 0.1) is 0 Å². The molecule has 0 N–H and O–H groups in total. The zero-order valence-corrected chi connectivity index (χ0v) is 10.1. The topological polar surface area (TPSA) is 0 Å². The molecule has 0 fully saturated rings. The van der Waals surface area contributed by atoms with Gasteiger partial charge in [-0.15, -0.1) is 11.8 Å². The molecule has 0 amide bonds. The standard InChI is InChI=1S/C15H14S/c1-15-8-4-5-9-16-13(11-15)10-12-6-2-3-7-14(12)15/h2-10H,11H2,1H3/t15-/m0/s1. The van der Waals surface area contributed by atoms with Gasteiger partial charge in [-0.3, -0.25) is 0 Å². The third-order valence-electron chi connectivity index (χ3n) is 3.31. The van der Waals surface area contributed by atoms with Gasteiger partial charge in [0.15, 0.2) is 0 Å². The minimum atomic E-state index is 0.165. The summed E-state index contributed by atoms with van der Waals surface area (Å²) in [6.45, 7) is 2.33. The van der Waals surface area contributed by atoms with Crippen molar-refractivity contribution in [2.75, 3.05) is 0 Å². The van der Waals surface area contributed by atoms with Crippen LogP contribution in [-0.2, 0) is 5.41 Å². The molecule has 2 bridgehead atoms. The predicted molar refractivity (Wildman–Crippen MR) is 72.3 cm³/mol. The molecule has 1 heteroatoms. The molecule has 1 aliphatic carbocycles. The van der Waals surface area contributed by atoms with E-state index in [1.54, 1.807) is 0 Å². The number of allylic oxidation sites excluding steroid dienone is 4. The van der Waals surface area contributed by atoms with Crippen LogP contribution in [0.3, 0.4) is 0 Å². The molecule has 1 aromatic carbocycles. The van der Waals surface area contributed by atoms with E-state index in [4.69, 9.17) is 0 Å². The summed E-state index contributed by atoms with van der Waals surface area (Å²) >= 11 is 1.84.